The summed E-state index contributed by atoms with van der Waals surface area (Å²) in [5, 5.41) is 3.10. The van der Waals surface area contributed by atoms with Crippen LogP contribution in [-0.2, 0) is 0 Å². The smallest absolute Gasteiger partial charge is 0.258 e. The predicted octanol–water partition coefficient (Wildman–Crippen LogP) is 5.85. The largest absolute Gasteiger partial charge is 0.436 e. The number of rotatable bonds is 3. The molecule has 4 rings (SSSR count). The molecule has 1 amide bonds. The number of nitrogens with one attached hydrogen (secondary N) is 1. The molecule has 1 aromatic heterocycles. The number of oxazole rings is 1. The first-order chi connectivity index (χ1) is 13.0. The van der Waals surface area contributed by atoms with Crippen molar-refractivity contribution in [2.75, 3.05) is 5.32 Å². The van der Waals surface area contributed by atoms with Crippen LogP contribution in [0.1, 0.15) is 15.9 Å². The molecule has 0 bridgehead atoms. The van der Waals surface area contributed by atoms with E-state index < -0.39 is 11.7 Å². The van der Waals surface area contributed by atoms with Gasteiger partial charge in [0.2, 0.25) is 5.89 Å². The van der Waals surface area contributed by atoms with E-state index in [1.165, 1.54) is 18.2 Å². The van der Waals surface area contributed by atoms with Gasteiger partial charge in [0.15, 0.2) is 5.58 Å². The third-order valence-electron chi connectivity index (χ3n) is 4.12. The third kappa shape index (κ3) is 3.41. The van der Waals surface area contributed by atoms with Gasteiger partial charge in [0.1, 0.15) is 11.3 Å². The van der Waals surface area contributed by atoms with E-state index in [1.807, 2.05) is 25.1 Å². The zero-order valence-corrected chi connectivity index (χ0v) is 15.0. The van der Waals surface area contributed by atoms with Crippen molar-refractivity contribution < 1.29 is 13.6 Å². The quantitative estimate of drug-likeness (QED) is 0.485. The monoisotopic (exact) mass is 380 g/mol. The summed E-state index contributed by atoms with van der Waals surface area (Å²) in [5.41, 5.74) is 3.39. The van der Waals surface area contributed by atoms with Crippen molar-refractivity contribution in [2.45, 2.75) is 6.92 Å². The Labute approximate surface area is 159 Å². The highest BCUT2D eigenvalue weighted by molar-refractivity contribution is 6.33. The van der Waals surface area contributed by atoms with Gasteiger partial charge in [-0.25, -0.2) is 9.37 Å². The predicted molar refractivity (Wildman–Crippen MR) is 104 cm³/mol. The van der Waals surface area contributed by atoms with Gasteiger partial charge in [0.05, 0.1) is 16.1 Å². The van der Waals surface area contributed by atoms with Crippen LogP contribution >= 0.6 is 11.6 Å². The average Bonchev–Trinajstić information content (AvgIpc) is 3.06. The number of carbonyl (C=O) groups excluding carboxylic acids is 1. The molecule has 1 N–H and O–H groups in total. The Balaban J connectivity index is 1.68. The molecule has 0 saturated carbocycles. The van der Waals surface area contributed by atoms with Crippen LogP contribution in [0.15, 0.2) is 65.1 Å². The van der Waals surface area contributed by atoms with Crippen LogP contribution in [0.2, 0.25) is 5.02 Å². The van der Waals surface area contributed by atoms with Crippen LogP contribution in [0.3, 0.4) is 0 Å². The van der Waals surface area contributed by atoms with E-state index >= 15 is 0 Å². The summed E-state index contributed by atoms with van der Waals surface area (Å²) in [4.78, 5) is 16.8. The van der Waals surface area contributed by atoms with Crippen molar-refractivity contribution in [1.29, 1.82) is 0 Å². The Morgan fingerprint density at radius 2 is 1.93 bits per heavy atom. The number of halogens is 2. The number of amides is 1. The Bertz CT molecular complexity index is 1170. The summed E-state index contributed by atoms with van der Waals surface area (Å²) in [7, 11) is 0. The van der Waals surface area contributed by atoms with Crippen molar-refractivity contribution in [3.05, 3.63) is 82.6 Å². The van der Waals surface area contributed by atoms with Crippen LogP contribution < -0.4 is 5.32 Å². The highest BCUT2D eigenvalue weighted by atomic mass is 35.5. The molecule has 0 saturated heterocycles. The first-order valence-electron chi connectivity index (χ1n) is 8.24. The van der Waals surface area contributed by atoms with E-state index in [1.54, 1.807) is 24.3 Å². The van der Waals surface area contributed by atoms with Gasteiger partial charge in [0, 0.05) is 5.69 Å². The van der Waals surface area contributed by atoms with E-state index in [-0.39, 0.29) is 5.56 Å². The molecule has 4 nitrogen and oxygen atoms in total. The van der Waals surface area contributed by atoms with E-state index in [4.69, 9.17) is 16.0 Å². The lowest BCUT2D eigenvalue weighted by Crippen LogP contribution is -2.13. The second-order valence-electron chi connectivity index (χ2n) is 6.12. The molecule has 134 valence electrons. The molecule has 6 heteroatoms. The number of benzene rings is 3. The maximum Gasteiger partial charge on any atom is 0.258 e. The Kier molecular flexibility index (Phi) is 4.38. The zero-order valence-electron chi connectivity index (χ0n) is 14.3. The molecule has 1 heterocycles. The SMILES string of the molecule is Cc1ccc2nc(-c3cc(NC(=O)c4ccccc4F)ccc3Cl)oc2c1. The van der Waals surface area contributed by atoms with Crippen molar-refractivity contribution in [2.24, 2.45) is 0 Å². The highest BCUT2D eigenvalue weighted by Gasteiger charge is 2.15. The summed E-state index contributed by atoms with van der Waals surface area (Å²) in [6.07, 6.45) is 0. The van der Waals surface area contributed by atoms with Gasteiger partial charge in [-0.15, -0.1) is 0 Å². The number of aryl methyl sites for hydroxylation is 1. The molecule has 0 aliphatic rings. The summed E-state index contributed by atoms with van der Waals surface area (Å²) < 4.78 is 19.6. The first kappa shape index (κ1) is 17.2. The number of hydrogen-bond donors (Lipinski definition) is 1. The van der Waals surface area contributed by atoms with Gasteiger partial charge in [-0.1, -0.05) is 29.8 Å². The van der Waals surface area contributed by atoms with Gasteiger partial charge in [-0.2, -0.15) is 0 Å². The molecular formula is C21H14ClFN2O2. The molecule has 0 aliphatic heterocycles. The van der Waals surface area contributed by atoms with Crippen LogP contribution in [0.5, 0.6) is 0 Å². The fraction of sp³-hybridized carbons (Fsp3) is 0.0476. The summed E-state index contributed by atoms with van der Waals surface area (Å²) in [5.74, 6) is -0.782. The van der Waals surface area contributed by atoms with Gasteiger partial charge >= 0.3 is 0 Å². The second kappa shape index (κ2) is 6.85. The lowest BCUT2D eigenvalue weighted by molar-refractivity contribution is 0.102. The molecule has 0 spiro atoms. The molecule has 27 heavy (non-hydrogen) atoms. The fourth-order valence-electron chi connectivity index (χ4n) is 2.76. The van der Waals surface area contributed by atoms with Gasteiger partial charge in [-0.05, 0) is 55.0 Å². The van der Waals surface area contributed by atoms with E-state index in [0.29, 0.717) is 33.3 Å². The molecule has 4 aromatic rings. The average molecular weight is 381 g/mol. The van der Waals surface area contributed by atoms with Gasteiger partial charge < -0.3 is 9.73 Å². The molecule has 0 radical (unpaired) electrons. The van der Waals surface area contributed by atoms with Crippen molar-refractivity contribution in [3.63, 3.8) is 0 Å². The molecule has 0 aliphatic carbocycles. The minimum atomic E-state index is -0.585. The Hall–Kier alpha value is -3.18. The van der Waals surface area contributed by atoms with Crippen LogP contribution in [0.25, 0.3) is 22.6 Å². The molecule has 0 unspecified atom stereocenters. The normalized spacial score (nSPS) is 10.9. The van der Waals surface area contributed by atoms with Gasteiger partial charge in [-0.3, -0.25) is 4.79 Å². The van der Waals surface area contributed by atoms with Crippen molar-refractivity contribution in [3.8, 4) is 11.5 Å². The van der Waals surface area contributed by atoms with Crippen LogP contribution in [-0.4, -0.2) is 10.9 Å². The molecule has 0 atom stereocenters. The second-order valence-corrected chi connectivity index (χ2v) is 6.53. The topological polar surface area (TPSA) is 55.1 Å². The Morgan fingerprint density at radius 3 is 2.74 bits per heavy atom. The lowest BCUT2D eigenvalue weighted by atomic mass is 10.1. The van der Waals surface area contributed by atoms with E-state index in [9.17, 15) is 9.18 Å². The van der Waals surface area contributed by atoms with Gasteiger partial charge in [0.25, 0.3) is 5.91 Å². The summed E-state index contributed by atoms with van der Waals surface area (Å²) >= 11 is 6.30. The molecule has 3 aromatic carbocycles. The van der Waals surface area contributed by atoms with Crippen molar-refractivity contribution >= 4 is 34.3 Å². The van der Waals surface area contributed by atoms with Crippen LogP contribution in [0.4, 0.5) is 10.1 Å². The number of hydrogen-bond acceptors (Lipinski definition) is 3. The zero-order chi connectivity index (χ0) is 19.0. The maximum atomic E-state index is 13.8. The van der Waals surface area contributed by atoms with E-state index in [2.05, 4.69) is 10.3 Å². The highest BCUT2D eigenvalue weighted by Crippen LogP contribution is 2.32. The molecule has 0 fully saturated rings. The number of aromatic nitrogens is 1. The maximum absolute atomic E-state index is 13.8. The minimum absolute atomic E-state index is 0.0358. The Morgan fingerprint density at radius 1 is 1.11 bits per heavy atom. The number of nitrogens with zero attached hydrogens (tertiary/aromatic N) is 1. The standard InChI is InChI=1S/C21H14ClFN2O2/c1-12-6-9-18-19(10-12)27-21(25-18)15-11-13(7-8-16(15)22)24-20(26)14-4-2-3-5-17(14)23/h2-11H,1H3,(H,24,26). The summed E-state index contributed by atoms with van der Waals surface area (Å²) in [6.45, 7) is 1.97. The van der Waals surface area contributed by atoms with Crippen molar-refractivity contribution in [1.82, 2.24) is 4.98 Å². The minimum Gasteiger partial charge on any atom is -0.436 e. The lowest BCUT2D eigenvalue weighted by Gasteiger charge is -2.08. The number of fused-ring (bicyclic) bond motifs is 1. The first-order valence-corrected chi connectivity index (χ1v) is 8.62. The van der Waals surface area contributed by atoms with E-state index in [0.717, 1.165) is 5.56 Å². The molecular weight excluding hydrogens is 367 g/mol. The van der Waals surface area contributed by atoms with Crippen LogP contribution in [0, 0.1) is 12.7 Å². The third-order valence-corrected chi connectivity index (χ3v) is 4.45. The number of carbonyl (C=O) groups is 1. The number of anilines is 1. The summed E-state index contributed by atoms with van der Waals surface area (Å²) in [6, 6.07) is 16.4. The fourth-order valence-corrected chi connectivity index (χ4v) is 2.96.